The molecule has 0 aromatic carbocycles. The Kier molecular flexibility index (Phi) is 2.43. The van der Waals surface area contributed by atoms with Crippen molar-refractivity contribution < 1.29 is 14.6 Å². The molecule has 3 N–H and O–H groups in total. The van der Waals surface area contributed by atoms with Gasteiger partial charge in [0.25, 0.3) is 0 Å². The highest BCUT2D eigenvalue weighted by molar-refractivity contribution is 5.86. The molecule has 3 rings (SSSR count). The Morgan fingerprint density at radius 2 is 2.41 bits per heavy atom. The van der Waals surface area contributed by atoms with Gasteiger partial charge in [-0.2, -0.15) is 0 Å². The number of aliphatic hydroxyl groups excluding tert-OH is 1. The number of ether oxygens (including phenoxy) is 2. The Morgan fingerprint density at radius 3 is 3.18 bits per heavy atom. The molecular weight excluding hydrogens is 224 g/mol. The molecule has 2 atom stereocenters. The summed E-state index contributed by atoms with van der Waals surface area (Å²) in [7, 11) is 0. The average molecular weight is 236 g/mol. The summed E-state index contributed by atoms with van der Waals surface area (Å²) in [5, 5.41) is 9.71. The van der Waals surface area contributed by atoms with Crippen LogP contribution < -0.4 is 5.73 Å². The molecule has 7 heteroatoms. The lowest BCUT2D eigenvalue weighted by Gasteiger charge is -2.12. The van der Waals surface area contributed by atoms with Crippen molar-refractivity contribution in [2.75, 3.05) is 18.9 Å². The fourth-order valence-electron chi connectivity index (χ4n) is 1.91. The first-order valence-corrected chi connectivity index (χ1v) is 5.24. The van der Waals surface area contributed by atoms with Crippen LogP contribution in [0.5, 0.6) is 0 Å². The fraction of sp³-hybridized carbons (Fsp3) is 0.400. The Bertz CT molecular complexity index is 541. The summed E-state index contributed by atoms with van der Waals surface area (Å²) >= 11 is 0. The summed E-state index contributed by atoms with van der Waals surface area (Å²) in [4.78, 5) is 8.09. The summed E-state index contributed by atoms with van der Waals surface area (Å²) < 4.78 is 12.6. The first kappa shape index (κ1) is 10.5. The number of hydrogen-bond donors (Lipinski definition) is 2. The third-order valence-electron chi connectivity index (χ3n) is 2.73. The molecule has 0 aliphatic carbocycles. The van der Waals surface area contributed by atoms with Crippen LogP contribution in [0.25, 0.3) is 11.0 Å². The summed E-state index contributed by atoms with van der Waals surface area (Å²) in [6.07, 6.45) is 2.37. The monoisotopic (exact) mass is 236 g/mol. The van der Waals surface area contributed by atoms with E-state index in [4.69, 9.17) is 20.3 Å². The number of nitrogen functional groups attached to an aromatic ring is 1. The number of nitrogens with zero attached hydrogens (tertiary/aromatic N) is 3. The van der Waals surface area contributed by atoms with Crippen LogP contribution in [0.2, 0.25) is 0 Å². The fourth-order valence-corrected chi connectivity index (χ4v) is 1.91. The highest BCUT2D eigenvalue weighted by Crippen LogP contribution is 2.26. The lowest BCUT2D eigenvalue weighted by molar-refractivity contribution is -0.0979. The molecule has 1 fully saturated rings. The summed E-state index contributed by atoms with van der Waals surface area (Å²) in [5.74, 6) is 0.436. The average Bonchev–Trinajstić information content (AvgIpc) is 2.94. The van der Waals surface area contributed by atoms with Crippen molar-refractivity contribution in [3.63, 3.8) is 0 Å². The molecule has 1 saturated heterocycles. The van der Waals surface area contributed by atoms with E-state index >= 15 is 0 Å². The molecule has 2 aromatic heterocycles. The zero-order valence-electron chi connectivity index (χ0n) is 8.98. The van der Waals surface area contributed by atoms with Crippen LogP contribution in [0.1, 0.15) is 6.23 Å². The van der Waals surface area contributed by atoms with Gasteiger partial charge in [-0.25, -0.2) is 9.97 Å². The van der Waals surface area contributed by atoms with Crippen molar-refractivity contribution in [1.29, 1.82) is 0 Å². The molecule has 0 unspecified atom stereocenters. The summed E-state index contributed by atoms with van der Waals surface area (Å²) in [6.45, 7) is 0.214. The van der Waals surface area contributed by atoms with Gasteiger partial charge in [0.05, 0.1) is 18.6 Å². The minimum Gasteiger partial charge on any atom is -0.391 e. The predicted octanol–water partition coefficient (Wildman–Crippen LogP) is -0.123. The second kappa shape index (κ2) is 3.95. The maximum Gasteiger partial charge on any atom is 0.183 e. The van der Waals surface area contributed by atoms with Crippen molar-refractivity contribution in [3.8, 4) is 0 Å². The van der Waals surface area contributed by atoms with Crippen LogP contribution in [0.4, 0.5) is 5.82 Å². The van der Waals surface area contributed by atoms with Crippen molar-refractivity contribution in [1.82, 2.24) is 14.5 Å². The van der Waals surface area contributed by atoms with Crippen LogP contribution in [-0.2, 0) is 9.47 Å². The molecule has 3 heterocycles. The van der Waals surface area contributed by atoms with Crippen LogP contribution in [0.15, 0.2) is 18.6 Å². The Morgan fingerprint density at radius 1 is 1.53 bits per heavy atom. The number of rotatable bonds is 2. The molecule has 1 aliphatic heterocycles. The quantitative estimate of drug-likeness (QED) is 0.754. The molecule has 17 heavy (non-hydrogen) atoms. The third kappa shape index (κ3) is 1.64. The number of aliphatic hydroxyl groups is 1. The van der Waals surface area contributed by atoms with E-state index in [0.29, 0.717) is 18.1 Å². The Balaban J connectivity index is 1.99. The van der Waals surface area contributed by atoms with Gasteiger partial charge in [-0.15, -0.1) is 0 Å². The summed E-state index contributed by atoms with van der Waals surface area (Å²) in [6, 6.07) is 1.83. The van der Waals surface area contributed by atoms with E-state index in [0.717, 1.165) is 5.39 Å². The number of aromatic nitrogens is 3. The van der Waals surface area contributed by atoms with Gasteiger partial charge in [-0.05, 0) is 6.07 Å². The minimum atomic E-state index is -0.573. The van der Waals surface area contributed by atoms with Gasteiger partial charge in [0.15, 0.2) is 12.5 Å². The Labute approximate surface area is 96.8 Å². The molecule has 2 aromatic rings. The third-order valence-corrected chi connectivity index (χ3v) is 2.73. The zero-order chi connectivity index (χ0) is 11.8. The van der Waals surface area contributed by atoms with E-state index in [1.54, 1.807) is 0 Å². The molecule has 0 radical (unpaired) electrons. The number of nitrogens with two attached hydrogens (primary N) is 1. The van der Waals surface area contributed by atoms with E-state index in [2.05, 4.69) is 9.97 Å². The maximum absolute atomic E-state index is 8.93. The predicted molar refractivity (Wildman–Crippen MR) is 58.9 cm³/mol. The number of hydrogen-bond acceptors (Lipinski definition) is 6. The van der Waals surface area contributed by atoms with Crippen LogP contribution >= 0.6 is 0 Å². The SMILES string of the molecule is Nc1ncnc2c1ccn2[C@H]1CO[C@@H](CO)O1. The van der Waals surface area contributed by atoms with Gasteiger partial charge in [0.1, 0.15) is 17.8 Å². The van der Waals surface area contributed by atoms with E-state index < -0.39 is 6.29 Å². The maximum atomic E-state index is 8.93. The van der Waals surface area contributed by atoms with E-state index in [1.165, 1.54) is 6.33 Å². The lowest BCUT2D eigenvalue weighted by atomic mass is 10.4. The first-order valence-electron chi connectivity index (χ1n) is 5.24. The Hall–Kier alpha value is -1.70. The van der Waals surface area contributed by atoms with Crippen LogP contribution in [0, 0.1) is 0 Å². The van der Waals surface area contributed by atoms with Crippen LogP contribution in [0.3, 0.4) is 0 Å². The standard InChI is InChI=1S/C10H12N4O3/c11-9-6-1-2-14(10(6)13-5-12-9)7-4-16-8(3-15)17-7/h1-2,5,7-8,15H,3-4H2,(H2,11,12,13)/t7-,8-/m1/s1. The number of fused-ring (bicyclic) bond motifs is 1. The van der Waals surface area contributed by atoms with Gasteiger partial charge in [0.2, 0.25) is 0 Å². The van der Waals surface area contributed by atoms with E-state index in [-0.39, 0.29) is 12.8 Å². The molecule has 90 valence electrons. The molecule has 0 amide bonds. The van der Waals surface area contributed by atoms with Gasteiger partial charge in [0, 0.05) is 6.20 Å². The topological polar surface area (TPSA) is 95.4 Å². The highest BCUT2D eigenvalue weighted by atomic mass is 16.7. The lowest BCUT2D eigenvalue weighted by Crippen LogP contribution is -2.15. The van der Waals surface area contributed by atoms with Crippen molar-refractivity contribution in [2.24, 2.45) is 0 Å². The van der Waals surface area contributed by atoms with Crippen molar-refractivity contribution >= 4 is 16.9 Å². The van der Waals surface area contributed by atoms with Gasteiger partial charge in [-0.3, -0.25) is 0 Å². The van der Waals surface area contributed by atoms with E-state index in [1.807, 2.05) is 16.8 Å². The molecule has 7 nitrogen and oxygen atoms in total. The van der Waals surface area contributed by atoms with E-state index in [9.17, 15) is 0 Å². The normalized spacial score (nSPS) is 24.5. The summed E-state index contributed by atoms with van der Waals surface area (Å²) in [5.41, 5.74) is 6.44. The van der Waals surface area contributed by atoms with Gasteiger partial charge in [-0.1, -0.05) is 0 Å². The number of anilines is 1. The zero-order valence-corrected chi connectivity index (χ0v) is 8.98. The van der Waals surface area contributed by atoms with Crippen molar-refractivity contribution in [2.45, 2.75) is 12.5 Å². The smallest absolute Gasteiger partial charge is 0.183 e. The molecule has 0 spiro atoms. The molecule has 0 bridgehead atoms. The second-order valence-corrected chi connectivity index (χ2v) is 3.76. The first-order chi connectivity index (χ1) is 8.29. The molecule has 0 saturated carbocycles. The van der Waals surface area contributed by atoms with Crippen molar-refractivity contribution in [3.05, 3.63) is 18.6 Å². The molecule has 1 aliphatic rings. The minimum absolute atomic E-state index is 0.160. The van der Waals surface area contributed by atoms with Crippen LogP contribution in [-0.4, -0.2) is 39.1 Å². The van der Waals surface area contributed by atoms with Gasteiger partial charge >= 0.3 is 0 Å². The second-order valence-electron chi connectivity index (χ2n) is 3.76. The largest absolute Gasteiger partial charge is 0.391 e. The van der Waals surface area contributed by atoms with Gasteiger partial charge < -0.3 is 24.9 Å². The molecular formula is C10H12N4O3. The highest BCUT2D eigenvalue weighted by Gasteiger charge is 2.27.